The first-order valence-corrected chi connectivity index (χ1v) is 45.4. The van der Waals surface area contributed by atoms with Gasteiger partial charge in [-0.1, -0.05) is 181 Å². The van der Waals surface area contributed by atoms with Gasteiger partial charge in [-0.05, 0) is 188 Å². The van der Waals surface area contributed by atoms with Crippen LogP contribution in [0.25, 0.3) is 212 Å². The number of nitrogens with zero attached hydrogens (tertiary/aromatic N) is 10. The smallest absolute Gasteiger partial charge is 0.213 e. The van der Waals surface area contributed by atoms with Crippen LogP contribution < -0.4 is 22.8 Å². The molecule has 1 unspecified atom stereocenters. The van der Waals surface area contributed by atoms with Gasteiger partial charge in [0.15, 0.2) is 59.4 Å². The monoisotopic (exact) mass is 1790 g/mol. The lowest BCUT2D eigenvalue weighted by Crippen LogP contribution is -2.31. The standard InChI is InChI=1S/2C26H19N2O.C24H23N2O.2C23H21N2O/c1-17-12-15-22-25(23(17)21-11-7-8-16-28(21)3)19-13-14-20(27-2)24(26(19)29-22)18-9-5-4-6-10-18;1-17-12-13-22-26(24(17)21-11-7-8-14-28(21)3)25-20(18-9-5-4-6-10-18)15-19(27-2)16-23(25)29-22;1-15(2)12-17-7-10-20(26(5)14-17)23-16(3)6-11-21-24(23)19-9-8-18(25-4)13-22(19)27-21;1-14(2)16-10-11-25(5)19(12-16)22-15(3)6-9-20-23(22)18-8-7-17(24-4)13-21(18)26-20;1-14(2)20-17(24-4)11-10-16-22-19(26-23(16)20)12-9-15(3)21(22)18-8-6-7-13-25(18)5/h2*4-16H,1,3H3;6-11,13-15H,12H2,1-3,5H3;2*6-14H,1-3,5H3/q5*+1/i;;12D2;1D3,14D;. The van der Waals surface area contributed by atoms with Gasteiger partial charge in [0.25, 0.3) is 0 Å². The van der Waals surface area contributed by atoms with Gasteiger partial charge in [-0.3, -0.25) is 0 Å². The zero-order valence-corrected chi connectivity index (χ0v) is 79.0. The molecule has 22 rings (SSSR count). The average Bonchev–Trinajstić information content (AvgIpc) is 1.60. The minimum Gasteiger partial charge on any atom is -0.457 e. The molecule has 666 valence electrons. The van der Waals surface area contributed by atoms with Crippen molar-refractivity contribution in [3.05, 3.63) is 406 Å². The van der Waals surface area contributed by atoms with E-state index in [0.29, 0.717) is 56.3 Å². The number of fused-ring (bicyclic) bond motifs is 15. The lowest BCUT2D eigenvalue weighted by atomic mass is 9.93. The van der Waals surface area contributed by atoms with E-state index in [9.17, 15) is 0 Å². The molecule has 12 aromatic carbocycles. The van der Waals surface area contributed by atoms with Crippen LogP contribution in [0.4, 0.5) is 28.4 Å². The molecular weight excluding hydrogens is 1690 g/mol. The van der Waals surface area contributed by atoms with Crippen LogP contribution in [-0.4, -0.2) is 0 Å². The van der Waals surface area contributed by atoms with Gasteiger partial charge in [0.2, 0.25) is 28.5 Å². The van der Waals surface area contributed by atoms with E-state index >= 15 is 0 Å². The van der Waals surface area contributed by atoms with Crippen LogP contribution in [0.1, 0.15) is 106 Å². The maximum Gasteiger partial charge on any atom is 0.213 e. The quantitative estimate of drug-likeness (QED) is 0.0947. The molecule has 0 aliphatic rings. The molecule has 0 fully saturated rings. The first-order chi connectivity index (χ1) is 68.7. The van der Waals surface area contributed by atoms with E-state index in [0.717, 1.165) is 177 Å². The van der Waals surface area contributed by atoms with Crippen LogP contribution >= 0.6 is 0 Å². The van der Waals surface area contributed by atoms with Crippen LogP contribution in [0.2, 0.25) is 0 Å². The first kappa shape index (κ1) is 83.0. The van der Waals surface area contributed by atoms with Crippen molar-refractivity contribution in [1.82, 2.24) is 0 Å². The molecule has 0 radical (unpaired) electrons. The van der Waals surface area contributed by atoms with Gasteiger partial charge in [0.1, 0.15) is 91.1 Å². The molecule has 0 saturated heterocycles. The number of aromatic nitrogens is 5. The Bertz CT molecular complexity index is 9110. The van der Waals surface area contributed by atoms with Crippen molar-refractivity contribution in [1.29, 1.82) is 0 Å². The largest absolute Gasteiger partial charge is 0.457 e. The van der Waals surface area contributed by atoms with Crippen molar-refractivity contribution >= 4 is 138 Å². The van der Waals surface area contributed by atoms with Gasteiger partial charge in [-0.25, -0.2) is 47.1 Å². The van der Waals surface area contributed by atoms with E-state index in [-0.39, 0.29) is 11.8 Å². The molecule has 0 bridgehead atoms. The summed E-state index contributed by atoms with van der Waals surface area (Å²) in [5.41, 5.74) is 33.1. The maximum absolute atomic E-state index is 8.49. The minimum atomic E-state index is -2.45. The summed E-state index contributed by atoms with van der Waals surface area (Å²) in [6, 6.07) is 89.2. The third-order valence-corrected chi connectivity index (χ3v) is 25.6. The lowest BCUT2D eigenvalue weighted by Gasteiger charge is -2.10. The SMILES string of the molecule is [2H]C([2H])([2H])C([2H])(C)c1cc[n+](C)c(-c2c(C)ccc3oc4cc([N+]#[C-])ccc4c23)c1.[2H]C([2H])(c1ccc(-c2c(C)ccc3oc4cc([N+]#[C-])ccc4c23)[n+](C)c1)C(C)C.[C-]#[N+]c1cc(-c2ccccc2)c2c(c1)oc1ccc(C)c(-c3cccc[n+]3C)c12.[C-]#[N+]c1ccc2c(oc3ccc(C)c(-c4cccc[n+]4C)c32)c1-c1ccccc1.[C-]#[N+]c1ccc2c(oc3ccc(C)c(-c4cccc[n+]4C)c32)c1C(C)C. The number of benzene rings is 12. The molecule has 0 aliphatic carbocycles. The van der Waals surface area contributed by atoms with Crippen molar-refractivity contribution in [3.63, 3.8) is 0 Å². The van der Waals surface area contributed by atoms with Gasteiger partial charge < -0.3 is 22.1 Å². The zero-order valence-electron chi connectivity index (χ0n) is 85.0. The molecule has 10 heterocycles. The topological polar surface area (TPSA) is 107 Å². The Morgan fingerprint density at radius 2 is 0.723 bits per heavy atom. The molecule has 0 spiro atoms. The number of aryl methyl sites for hydroxylation is 10. The number of pyridine rings is 5. The third kappa shape index (κ3) is 17.0. The Hall–Kier alpha value is -17.2. The van der Waals surface area contributed by atoms with E-state index < -0.39 is 19.1 Å². The Morgan fingerprint density at radius 3 is 1.18 bits per heavy atom. The fourth-order valence-corrected chi connectivity index (χ4v) is 19.1. The summed E-state index contributed by atoms with van der Waals surface area (Å²) in [5, 5.41) is 10.3. The van der Waals surface area contributed by atoms with Crippen LogP contribution in [-0.2, 0) is 41.6 Å². The summed E-state index contributed by atoms with van der Waals surface area (Å²) < 4.78 is 90.0. The number of furan rings is 5. The number of hydrogen-bond acceptors (Lipinski definition) is 5. The lowest BCUT2D eigenvalue weighted by molar-refractivity contribution is -0.660. The highest BCUT2D eigenvalue weighted by atomic mass is 16.3. The Balaban J connectivity index is 0.000000118. The minimum absolute atomic E-state index is 0.118. The summed E-state index contributed by atoms with van der Waals surface area (Å²) in [6.07, 6.45) is 8.46. The molecule has 15 nitrogen and oxygen atoms in total. The van der Waals surface area contributed by atoms with Crippen LogP contribution in [0.15, 0.2) is 326 Å². The molecule has 15 heteroatoms. The second-order valence-electron chi connectivity index (χ2n) is 35.4. The second-order valence-corrected chi connectivity index (χ2v) is 35.4. The van der Waals surface area contributed by atoms with Crippen molar-refractivity contribution in [2.24, 2.45) is 41.2 Å². The zero-order chi connectivity index (χ0) is 101. The van der Waals surface area contributed by atoms with E-state index in [1.165, 1.54) is 34.7 Å². The fraction of sp³-hybridized carbons (Fsp3) is 0.164. The predicted octanol–water partition coefficient (Wildman–Crippen LogP) is 31.5. The van der Waals surface area contributed by atoms with Gasteiger partial charge >= 0.3 is 0 Å². The van der Waals surface area contributed by atoms with Crippen molar-refractivity contribution in [2.45, 2.75) is 94.3 Å². The van der Waals surface area contributed by atoms with Crippen molar-refractivity contribution in [3.8, 4) is 78.5 Å². The van der Waals surface area contributed by atoms with E-state index in [2.05, 4.69) is 186 Å². The van der Waals surface area contributed by atoms with Crippen LogP contribution in [0, 0.1) is 73.4 Å². The summed E-state index contributed by atoms with van der Waals surface area (Å²) >= 11 is 0. The molecule has 0 amide bonds. The molecule has 137 heavy (non-hydrogen) atoms. The number of hydrogen-bond donors (Lipinski definition) is 0. The summed E-state index contributed by atoms with van der Waals surface area (Å²) in [4.78, 5) is 18.1. The van der Waals surface area contributed by atoms with Crippen molar-refractivity contribution in [2.75, 3.05) is 0 Å². The molecule has 0 saturated carbocycles. The molecule has 1 atom stereocenters. The normalized spacial score (nSPS) is 12.5. The molecular formula is C122H103N10O5+5. The molecule has 10 aromatic heterocycles. The van der Waals surface area contributed by atoms with Crippen molar-refractivity contribution < 1.29 is 53.1 Å². The first-order valence-electron chi connectivity index (χ1n) is 48.4. The third-order valence-electron chi connectivity index (χ3n) is 25.6. The van der Waals surface area contributed by atoms with Gasteiger partial charge in [-0.2, -0.15) is 0 Å². The second kappa shape index (κ2) is 37.8. The van der Waals surface area contributed by atoms with E-state index in [1.54, 1.807) is 36.5 Å². The highest BCUT2D eigenvalue weighted by Gasteiger charge is 2.30. The van der Waals surface area contributed by atoms with E-state index in [4.69, 9.17) is 63.2 Å². The highest BCUT2D eigenvalue weighted by molar-refractivity contribution is 6.21. The molecule has 0 N–H and O–H groups in total. The van der Waals surface area contributed by atoms with Gasteiger partial charge in [-0.15, -0.1) is 0 Å². The Morgan fingerprint density at radius 1 is 0.321 bits per heavy atom. The average molecular weight is 1800 g/mol. The summed E-state index contributed by atoms with van der Waals surface area (Å²) in [5.74, 6) is -1.63. The van der Waals surface area contributed by atoms with E-state index in [1.807, 2.05) is 226 Å². The Kier molecular flexibility index (Phi) is 22.9. The number of rotatable bonds is 11. The van der Waals surface area contributed by atoms with Gasteiger partial charge in [0, 0.05) is 133 Å². The molecule has 0 aliphatic heterocycles. The Labute approximate surface area is 806 Å². The van der Waals surface area contributed by atoms with Crippen LogP contribution in [0.3, 0.4) is 0 Å². The fourth-order valence-electron chi connectivity index (χ4n) is 19.1. The summed E-state index contributed by atoms with van der Waals surface area (Å²) in [6.45, 7) is 54.6. The van der Waals surface area contributed by atoms with Gasteiger partial charge in [0.05, 0.1) is 60.7 Å². The summed E-state index contributed by atoms with van der Waals surface area (Å²) in [7, 11) is 10.0. The highest BCUT2D eigenvalue weighted by Crippen LogP contribution is 2.50. The predicted molar refractivity (Wildman–Crippen MR) is 554 cm³/mol. The molecule has 22 aromatic rings. The van der Waals surface area contributed by atoms with Crippen LogP contribution in [0.5, 0.6) is 0 Å². The maximum atomic E-state index is 8.49.